The van der Waals surface area contributed by atoms with Crippen molar-refractivity contribution in [2.75, 3.05) is 19.7 Å². The predicted molar refractivity (Wildman–Crippen MR) is 49.9 cm³/mol. The van der Waals surface area contributed by atoms with Gasteiger partial charge in [-0.3, -0.25) is 5.10 Å². The molecule has 0 bridgehead atoms. The molecule has 1 fully saturated rings. The van der Waals surface area contributed by atoms with Crippen LogP contribution < -0.4 is 5.32 Å². The standard InChI is InChI=1S/C7H12N4O.ClH/c1-5-9-7(11-10-5)6-4-8-2-3-12-6;/h6,8H,2-4H2,1H3,(H,9,10,11);1H. The highest BCUT2D eigenvalue weighted by Crippen LogP contribution is 2.13. The molecular weight excluding hydrogens is 192 g/mol. The molecule has 1 unspecified atom stereocenters. The molecule has 0 spiro atoms. The highest BCUT2D eigenvalue weighted by molar-refractivity contribution is 5.85. The second-order valence-corrected chi connectivity index (χ2v) is 2.84. The van der Waals surface area contributed by atoms with E-state index < -0.39 is 0 Å². The fraction of sp³-hybridized carbons (Fsp3) is 0.714. The number of hydrogen-bond donors (Lipinski definition) is 2. The molecule has 1 atom stereocenters. The molecular formula is C7H13ClN4O. The third kappa shape index (κ3) is 2.40. The minimum absolute atomic E-state index is 0. The quantitative estimate of drug-likeness (QED) is 0.686. The van der Waals surface area contributed by atoms with Gasteiger partial charge >= 0.3 is 0 Å². The summed E-state index contributed by atoms with van der Waals surface area (Å²) in [6, 6.07) is 0. The number of morpholine rings is 1. The van der Waals surface area contributed by atoms with Crippen molar-refractivity contribution in [3.63, 3.8) is 0 Å². The number of rotatable bonds is 1. The van der Waals surface area contributed by atoms with Crippen LogP contribution >= 0.6 is 12.4 Å². The summed E-state index contributed by atoms with van der Waals surface area (Å²) in [6.45, 7) is 4.34. The van der Waals surface area contributed by atoms with Gasteiger partial charge in [0.2, 0.25) is 0 Å². The van der Waals surface area contributed by atoms with E-state index in [1.807, 2.05) is 6.92 Å². The van der Waals surface area contributed by atoms with Gasteiger partial charge in [-0.1, -0.05) is 0 Å². The Bertz CT molecular complexity index is 259. The van der Waals surface area contributed by atoms with Gasteiger partial charge < -0.3 is 10.1 Å². The van der Waals surface area contributed by atoms with Gasteiger partial charge in [0.05, 0.1) is 6.61 Å². The topological polar surface area (TPSA) is 62.8 Å². The molecule has 2 rings (SSSR count). The molecule has 0 aliphatic carbocycles. The zero-order chi connectivity index (χ0) is 8.39. The van der Waals surface area contributed by atoms with E-state index in [0.717, 1.165) is 31.3 Å². The molecule has 5 nitrogen and oxygen atoms in total. The second-order valence-electron chi connectivity index (χ2n) is 2.84. The van der Waals surface area contributed by atoms with Crippen molar-refractivity contribution in [3.05, 3.63) is 11.6 Å². The van der Waals surface area contributed by atoms with Gasteiger partial charge in [0, 0.05) is 13.1 Å². The van der Waals surface area contributed by atoms with Crippen molar-refractivity contribution in [2.24, 2.45) is 0 Å². The first-order chi connectivity index (χ1) is 5.86. The number of ether oxygens (including phenoxy) is 1. The molecule has 1 aliphatic rings. The fourth-order valence-corrected chi connectivity index (χ4v) is 1.24. The molecule has 1 saturated heterocycles. The Hall–Kier alpha value is -0.650. The van der Waals surface area contributed by atoms with Gasteiger partial charge in [0.1, 0.15) is 11.9 Å². The number of aromatic nitrogens is 3. The molecule has 2 N–H and O–H groups in total. The van der Waals surface area contributed by atoms with E-state index in [-0.39, 0.29) is 18.5 Å². The number of nitrogens with one attached hydrogen (secondary N) is 2. The Labute approximate surface area is 82.7 Å². The number of aromatic amines is 1. The van der Waals surface area contributed by atoms with E-state index in [0.29, 0.717) is 0 Å². The van der Waals surface area contributed by atoms with Crippen LogP contribution in [0.4, 0.5) is 0 Å². The summed E-state index contributed by atoms with van der Waals surface area (Å²) in [6.07, 6.45) is 0.0173. The van der Waals surface area contributed by atoms with Gasteiger partial charge in [-0.25, -0.2) is 4.98 Å². The highest BCUT2D eigenvalue weighted by Gasteiger charge is 2.19. The maximum Gasteiger partial charge on any atom is 0.180 e. The van der Waals surface area contributed by atoms with E-state index >= 15 is 0 Å². The maximum atomic E-state index is 5.47. The first-order valence-corrected chi connectivity index (χ1v) is 4.07. The average molecular weight is 205 g/mol. The summed E-state index contributed by atoms with van der Waals surface area (Å²) >= 11 is 0. The van der Waals surface area contributed by atoms with Crippen LogP contribution in [-0.2, 0) is 4.74 Å². The monoisotopic (exact) mass is 204 g/mol. The number of H-pyrrole nitrogens is 1. The summed E-state index contributed by atoms with van der Waals surface area (Å²) in [7, 11) is 0. The lowest BCUT2D eigenvalue weighted by Crippen LogP contribution is -2.33. The summed E-state index contributed by atoms with van der Waals surface area (Å²) in [5, 5.41) is 10.1. The van der Waals surface area contributed by atoms with Gasteiger partial charge in [-0.05, 0) is 6.92 Å². The Morgan fingerprint density at radius 2 is 2.38 bits per heavy atom. The van der Waals surface area contributed by atoms with E-state index in [1.165, 1.54) is 0 Å². The van der Waals surface area contributed by atoms with E-state index in [4.69, 9.17) is 4.74 Å². The van der Waals surface area contributed by atoms with Crippen molar-refractivity contribution in [3.8, 4) is 0 Å². The highest BCUT2D eigenvalue weighted by atomic mass is 35.5. The molecule has 0 radical (unpaired) electrons. The van der Waals surface area contributed by atoms with Crippen LogP contribution in [0.5, 0.6) is 0 Å². The zero-order valence-electron chi connectivity index (χ0n) is 7.41. The molecule has 1 aromatic heterocycles. The van der Waals surface area contributed by atoms with Crippen molar-refractivity contribution in [2.45, 2.75) is 13.0 Å². The first-order valence-electron chi connectivity index (χ1n) is 4.07. The zero-order valence-corrected chi connectivity index (χ0v) is 8.23. The van der Waals surface area contributed by atoms with Crippen LogP contribution in [0.3, 0.4) is 0 Å². The molecule has 0 saturated carbocycles. The molecule has 0 aromatic carbocycles. The van der Waals surface area contributed by atoms with E-state index in [1.54, 1.807) is 0 Å². The molecule has 74 valence electrons. The lowest BCUT2D eigenvalue weighted by molar-refractivity contribution is 0.0223. The van der Waals surface area contributed by atoms with Crippen LogP contribution in [0.2, 0.25) is 0 Å². The maximum absolute atomic E-state index is 5.47. The van der Waals surface area contributed by atoms with E-state index in [2.05, 4.69) is 20.5 Å². The molecule has 1 aromatic rings. The largest absolute Gasteiger partial charge is 0.367 e. The normalized spacial score (nSPS) is 22.4. The van der Waals surface area contributed by atoms with Crippen LogP contribution in [0.15, 0.2) is 0 Å². The van der Waals surface area contributed by atoms with Crippen molar-refractivity contribution in [1.82, 2.24) is 20.5 Å². The Kier molecular flexibility index (Phi) is 3.65. The molecule has 1 aliphatic heterocycles. The average Bonchev–Trinajstić information content (AvgIpc) is 2.54. The van der Waals surface area contributed by atoms with Crippen molar-refractivity contribution in [1.29, 1.82) is 0 Å². The summed E-state index contributed by atoms with van der Waals surface area (Å²) in [5.41, 5.74) is 0. The summed E-state index contributed by atoms with van der Waals surface area (Å²) in [5.74, 6) is 1.58. The van der Waals surface area contributed by atoms with Gasteiger partial charge in [-0.2, -0.15) is 5.10 Å². The van der Waals surface area contributed by atoms with Crippen LogP contribution in [0.1, 0.15) is 17.8 Å². The minimum Gasteiger partial charge on any atom is -0.367 e. The molecule has 2 heterocycles. The summed E-state index contributed by atoms with van der Waals surface area (Å²) in [4.78, 5) is 4.20. The van der Waals surface area contributed by atoms with Crippen molar-refractivity contribution >= 4 is 12.4 Å². The Morgan fingerprint density at radius 3 is 2.92 bits per heavy atom. The van der Waals surface area contributed by atoms with Gasteiger partial charge in [0.15, 0.2) is 5.82 Å². The first kappa shape index (κ1) is 10.4. The van der Waals surface area contributed by atoms with Gasteiger partial charge in [0.25, 0.3) is 0 Å². The SMILES string of the molecule is Cc1nc(C2CNCCO2)n[nH]1.Cl. The van der Waals surface area contributed by atoms with Crippen molar-refractivity contribution < 1.29 is 4.74 Å². The van der Waals surface area contributed by atoms with Gasteiger partial charge in [-0.15, -0.1) is 12.4 Å². The Morgan fingerprint density at radius 1 is 1.54 bits per heavy atom. The van der Waals surface area contributed by atoms with Crippen LogP contribution in [-0.4, -0.2) is 34.9 Å². The molecule has 0 amide bonds. The lowest BCUT2D eigenvalue weighted by atomic mass is 10.3. The Balaban J connectivity index is 0.000000845. The van der Waals surface area contributed by atoms with Crippen LogP contribution in [0, 0.1) is 6.92 Å². The number of halogens is 1. The van der Waals surface area contributed by atoms with Crippen LogP contribution in [0.25, 0.3) is 0 Å². The smallest absolute Gasteiger partial charge is 0.180 e. The third-order valence-corrected chi connectivity index (χ3v) is 1.83. The lowest BCUT2D eigenvalue weighted by Gasteiger charge is -2.20. The number of aryl methyl sites for hydroxylation is 1. The third-order valence-electron chi connectivity index (χ3n) is 1.83. The minimum atomic E-state index is 0. The summed E-state index contributed by atoms with van der Waals surface area (Å²) < 4.78 is 5.47. The number of nitrogens with zero attached hydrogens (tertiary/aromatic N) is 2. The number of hydrogen-bond acceptors (Lipinski definition) is 4. The predicted octanol–water partition coefficient (Wildman–Crippen LogP) is 0.196. The van der Waals surface area contributed by atoms with E-state index in [9.17, 15) is 0 Å². The molecule has 6 heteroatoms. The fourth-order valence-electron chi connectivity index (χ4n) is 1.24. The second kappa shape index (κ2) is 4.55. The molecule has 13 heavy (non-hydrogen) atoms.